The SMILES string of the molecule is CC(C)Cn1c(-c2ccc(Cl)s2)nn(CC(=O)NC(C)(C)c2cccc(C(F)(F)F)c2)c1=O. The van der Waals surface area contributed by atoms with Crippen LogP contribution in [-0.2, 0) is 29.6 Å². The van der Waals surface area contributed by atoms with Gasteiger partial charge in [0.2, 0.25) is 5.91 Å². The number of nitrogens with one attached hydrogen (secondary N) is 1. The molecular formula is C22H24ClF3N4O2S. The van der Waals surface area contributed by atoms with Crippen molar-refractivity contribution in [3.8, 4) is 10.7 Å². The van der Waals surface area contributed by atoms with Crippen molar-refractivity contribution in [1.82, 2.24) is 19.7 Å². The van der Waals surface area contributed by atoms with Crippen LogP contribution >= 0.6 is 22.9 Å². The largest absolute Gasteiger partial charge is 0.416 e. The minimum absolute atomic E-state index is 0.156. The van der Waals surface area contributed by atoms with Crippen LogP contribution in [0.2, 0.25) is 4.34 Å². The highest BCUT2D eigenvalue weighted by molar-refractivity contribution is 7.19. The summed E-state index contributed by atoms with van der Waals surface area (Å²) in [6.45, 7) is 7.14. The molecule has 0 bridgehead atoms. The van der Waals surface area contributed by atoms with Gasteiger partial charge in [-0.15, -0.1) is 16.4 Å². The molecule has 1 aromatic carbocycles. The van der Waals surface area contributed by atoms with Crippen LogP contribution in [0.15, 0.2) is 41.2 Å². The van der Waals surface area contributed by atoms with Gasteiger partial charge in [-0.3, -0.25) is 9.36 Å². The summed E-state index contributed by atoms with van der Waals surface area (Å²) in [6, 6.07) is 8.24. The van der Waals surface area contributed by atoms with Gasteiger partial charge in [-0.05, 0) is 49.6 Å². The Kier molecular flexibility index (Phi) is 7.09. The van der Waals surface area contributed by atoms with Crippen LogP contribution < -0.4 is 11.0 Å². The molecule has 0 saturated carbocycles. The average Bonchev–Trinajstić information content (AvgIpc) is 3.25. The second-order valence-corrected chi connectivity index (χ2v) is 10.3. The van der Waals surface area contributed by atoms with E-state index in [0.717, 1.165) is 16.8 Å². The van der Waals surface area contributed by atoms with Crippen LogP contribution in [0.5, 0.6) is 0 Å². The van der Waals surface area contributed by atoms with Crippen LogP contribution in [0, 0.1) is 5.92 Å². The molecular weight excluding hydrogens is 477 g/mol. The Hall–Kier alpha value is -2.59. The highest BCUT2D eigenvalue weighted by atomic mass is 35.5. The molecule has 0 aliphatic heterocycles. The third kappa shape index (κ3) is 5.86. The second-order valence-electron chi connectivity index (χ2n) is 8.62. The van der Waals surface area contributed by atoms with Crippen LogP contribution in [0.3, 0.4) is 0 Å². The van der Waals surface area contributed by atoms with E-state index < -0.39 is 28.9 Å². The average molecular weight is 501 g/mol. The standard InChI is InChI=1S/C22H24ClF3N4O2S/c1-13(2)11-29-19(16-8-9-17(23)33-16)28-30(20(29)32)12-18(31)27-21(3,4)14-6-5-7-15(10-14)22(24,25)26/h5-10,13H,11-12H2,1-4H3,(H,27,31). The van der Waals surface area contributed by atoms with Crippen LogP contribution in [0.1, 0.15) is 38.8 Å². The summed E-state index contributed by atoms with van der Waals surface area (Å²) >= 11 is 7.30. The summed E-state index contributed by atoms with van der Waals surface area (Å²) in [5, 5.41) is 7.05. The number of alkyl halides is 3. The van der Waals surface area contributed by atoms with Gasteiger partial charge in [-0.2, -0.15) is 13.2 Å². The number of hydrogen-bond donors (Lipinski definition) is 1. The maximum absolute atomic E-state index is 13.1. The Bertz CT molecular complexity index is 1210. The summed E-state index contributed by atoms with van der Waals surface area (Å²) in [5.74, 6) is 0.0169. The van der Waals surface area contributed by atoms with E-state index in [0.29, 0.717) is 21.6 Å². The predicted octanol–water partition coefficient (Wildman–Crippen LogP) is 5.15. The van der Waals surface area contributed by atoms with Gasteiger partial charge in [0.05, 0.1) is 20.3 Å². The lowest BCUT2D eigenvalue weighted by Crippen LogP contribution is -2.44. The van der Waals surface area contributed by atoms with Crippen molar-refractivity contribution in [1.29, 1.82) is 0 Å². The molecule has 0 radical (unpaired) electrons. The van der Waals surface area contributed by atoms with Gasteiger partial charge in [0.1, 0.15) is 6.54 Å². The zero-order valence-corrected chi connectivity index (χ0v) is 20.1. The monoisotopic (exact) mass is 500 g/mol. The van der Waals surface area contributed by atoms with Crippen molar-refractivity contribution < 1.29 is 18.0 Å². The summed E-state index contributed by atoms with van der Waals surface area (Å²) in [6.07, 6.45) is -4.49. The van der Waals surface area contributed by atoms with E-state index in [9.17, 15) is 22.8 Å². The third-order valence-electron chi connectivity index (χ3n) is 4.92. The van der Waals surface area contributed by atoms with E-state index in [1.165, 1.54) is 28.0 Å². The number of aromatic nitrogens is 3. The molecule has 11 heteroatoms. The molecule has 1 N–H and O–H groups in total. The van der Waals surface area contributed by atoms with Crippen LogP contribution in [-0.4, -0.2) is 20.3 Å². The highest BCUT2D eigenvalue weighted by Crippen LogP contribution is 2.32. The van der Waals surface area contributed by atoms with E-state index in [2.05, 4.69) is 10.4 Å². The van der Waals surface area contributed by atoms with E-state index in [-0.39, 0.29) is 18.0 Å². The summed E-state index contributed by atoms with van der Waals surface area (Å²) < 4.78 is 42.3. The molecule has 0 aliphatic rings. The lowest BCUT2D eigenvalue weighted by Gasteiger charge is -2.27. The highest BCUT2D eigenvalue weighted by Gasteiger charge is 2.32. The Labute approximate surface area is 198 Å². The van der Waals surface area contributed by atoms with Gasteiger partial charge in [0, 0.05) is 6.54 Å². The van der Waals surface area contributed by atoms with Crippen molar-refractivity contribution in [2.75, 3.05) is 0 Å². The molecule has 33 heavy (non-hydrogen) atoms. The number of thiophene rings is 1. The lowest BCUT2D eigenvalue weighted by atomic mass is 9.92. The topological polar surface area (TPSA) is 68.9 Å². The Morgan fingerprint density at radius 2 is 1.85 bits per heavy atom. The summed E-state index contributed by atoms with van der Waals surface area (Å²) in [4.78, 5) is 26.4. The maximum atomic E-state index is 13.1. The Balaban J connectivity index is 1.85. The summed E-state index contributed by atoms with van der Waals surface area (Å²) in [5.41, 5.74) is -2.07. The lowest BCUT2D eigenvalue weighted by molar-refractivity contribution is -0.137. The third-order valence-corrected chi connectivity index (χ3v) is 6.15. The smallest absolute Gasteiger partial charge is 0.346 e. The quantitative estimate of drug-likeness (QED) is 0.487. The Morgan fingerprint density at radius 1 is 1.18 bits per heavy atom. The van der Waals surface area contributed by atoms with E-state index in [4.69, 9.17) is 11.6 Å². The number of carbonyl (C=O) groups excluding carboxylic acids is 1. The first kappa shape index (κ1) is 25.0. The molecule has 0 unspecified atom stereocenters. The van der Waals surface area contributed by atoms with Crippen LogP contribution in [0.25, 0.3) is 10.7 Å². The fourth-order valence-electron chi connectivity index (χ4n) is 3.37. The molecule has 3 rings (SSSR count). The molecule has 2 heterocycles. The molecule has 6 nitrogen and oxygen atoms in total. The molecule has 0 aliphatic carbocycles. The van der Waals surface area contributed by atoms with E-state index in [1.807, 2.05) is 13.8 Å². The zero-order valence-electron chi connectivity index (χ0n) is 18.5. The number of hydrogen-bond acceptors (Lipinski definition) is 4. The van der Waals surface area contributed by atoms with Gasteiger partial charge in [-0.25, -0.2) is 9.48 Å². The first-order chi connectivity index (χ1) is 15.3. The number of carbonyl (C=O) groups is 1. The number of amides is 1. The Morgan fingerprint density at radius 3 is 2.42 bits per heavy atom. The van der Waals surface area contributed by atoms with E-state index in [1.54, 1.807) is 26.0 Å². The number of halogens is 4. The van der Waals surface area contributed by atoms with Gasteiger partial charge < -0.3 is 5.32 Å². The maximum Gasteiger partial charge on any atom is 0.416 e. The first-order valence-electron chi connectivity index (χ1n) is 10.2. The minimum atomic E-state index is -4.49. The van der Waals surface area contributed by atoms with Crippen molar-refractivity contribution >= 4 is 28.8 Å². The summed E-state index contributed by atoms with van der Waals surface area (Å²) in [7, 11) is 0. The molecule has 2 aromatic heterocycles. The minimum Gasteiger partial charge on any atom is -0.346 e. The van der Waals surface area contributed by atoms with Crippen molar-refractivity contribution in [2.45, 2.75) is 52.5 Å². The molecule has 0 saturated heterocycles. The van der Waals surface area contributed by atoms with Gasteiger partial charge in [0.15, 0.2) is 5.82 Å². The first-order valence-corrected chi connectivity index (χ1v) is 11.4. The van der Waals surface area contributed by atoms with Crippen molar-refractivity contribution in [3.05, 3.63) is 62.3 Å². The van der Waals surface area contributed by atoms with Gasteiger partial charge in [-0.1, -0.05) is 37.6 Å². The number of benzene rings is 1. The number of nitrogens with zero attached hydrogens (tertiary/aromatic N) is 3. The molecule has 3 aromatic rings. The fourth-order valence-corrected chi connectivity index (χ4v) is 4.41. The fraction of sp³-hybridized carbons (Fsp3) is 0.409. The normalized spacial score (nSPS) is 12.4. The van der Waals surface area contributed by atoms with Crippen LogP contribution in [0.4, 0.5) is 13.2 Å². The molecule has 178 valence electrons. The van der Waals surface area contributed by atoms with E-state index >= 15 is 0 Å². The van der Waals surface area contributed by atoms with Gasteiger partial charge in [0.25, 0.3) is 0 Å². The van der Waals surface area contributed by atoms with Gasteiger partial charge >= 0.3 is 11.9 Å². The zero-order chi connectivity index (χ0) is 24.6. The molecule has 0 atom stereocenters. The predicted molar refractivity (Wildman–Crippen MR) is 122 cm³/mol. The molecule has 0 fully saturated rings. The van der Waals surface area contributed by atoms with Crippen molar-refractivity contribution in [2.24, 2.45) is 5.92 Å². The number of rotatable bonds is 7. The molecule has 0 spiro atoms. The van der Waals surface area contributed by atoms with Crippen molar-refractivity contribution in [3.63, 3.8) is 0 Å². The second kappa shape index (κ2) is 9.34. The molecule has 1 amide bonds.